The minimum Gasteiger partial charge on any atom is -0.340 e. The first kappa shape index (κ1) is 25.5. The molecule has 0 aliphatic carbocycles. The molecule has 2 aromatic heterocycles. The van der Waals surface area contributed by atoms with Gasteiger partial charge in [0.2, 0.25) is 10.9 Å². The molecule has 3 N–H and O–H groups in total. The smallest absolute Gasteiger partial charge is 0.225 e. The van der Waals surface area contributed by atoms with Crippen LogP contribution >= 0.6 is 0 Å². The third-order valence-corrected chi connectivity index (χ3v) is 7.93. The van der Waals surface area contributed by atoms with Gasteiger partial charge in [0.05, 0.1) is 6.54 Å². The first-order chi connectivity index (χ1) is 19.2. The van der Waals surface area contributed by atoms with Crippen LogP contribution in [0.2, 0.25) is 0 Å². The van der Waals surface area contributed by atoms with E-state index in [9.17, 15) is 0 Å². The number of nitrogens with one attached hydrogen (secondary N) is 3. The normalized spacial score (nSPS) is 25.4. The van der Waals surface area contributed by atoms with Gasteiger partial charge in [-0.2, -0.15) is 0 Å². The van der Waals surface area contributed by atoms with Gasteiger partial charge in [-0.3, -0.25) is 9.80 Å². The lowest BCUT2D eigenvalue weighted by molar-refractivity contribution is 0.128. The number of hydrogen-bond donors (Lipinski definition) is 3. The fraction of sp³-hybridized carbons (Fsp3) is 0.464. The number of pyridine rings is 1. The molecule has 1 aromatic carbocycles. The van der Waals surface area contributed by atoms with E-state index in [2.05, 4.69) is 64.6 Å². The van der Waals surface area contributed by atoms with Crippen molar-refractivity contribution in [2.75, 3.05) is 62.6 Å². The molecule has 39 heavy (non-hydrogen) atoms. The van der Waals surface area contributed by atoms with E-state index >= 15 is 0 Å². The molecular weight excluding hydrogens is 490 g/mol. The van der Waals surface area contributed by atoms with Crippen molar-refractivity contribution in [3.05, 3.63) is 60.6 Å². The largest absolute Gasteiger partial charge is 0.340 e. The van der Waals surface area contributed by atoms with Crippen LogP contribution in [-0.4, -0.2) is 89.2 Å². The number of nitrogens with zero attached hydrogens (tertiary/aromatic N) is 8. The molecule has 3 aromatic rings. The number of benzene rings is 1. The third-order valence-electron chi connectivity index (χ3n) is 7.93. The first-order valence-electron chi connectivity index (χ1n) is 13.9. The molecule has 8 heterocycles. The molecule has 2 atom stereocenters. The van der Waals surface area contributed by atoms with Crippen LogP contribution < -0.4 is 20.4 Å². The van der Waals surface area contributed by atoms with Crippen LogP contribution in [0, 0.1) is 5.53 Å². The molecule has 6 aliphatic rings. The van der Waals surface area contributed by atoms with E-state index in [1.165, 1.54) is 5.56 Å². The quantitative estimate of drug-likeness (QED) is 0.327. The van der Waals surface area contributed by atoms with Gasteiger partial charge in [0.1, 0.15) is 16.5 Å². The van der Waals surface area contributed by atoms with Crippen molar-refractivity contribution in [1.29, 1.82) is 5.53 Å². The number of rotatable bonds is 1. The molecule has 202 valence electrons. The molecule has 0 spiro atoms. The summed E-state index contributed by atoms with van der Waals surface area (Å²) in [4.78, 5) is 24.7. The summed E-state index contributed by atoms with van der Waals surface area (Å²) < 4.78 is 0. The van der Waals surface area contributed by atoms with Crippen LogP contribution in [0.15, 0.2) is 60.1 Å². The zero-order chi connectivity index (χ0) is 26.4. The summed E-state index contributed by atoms with van der Waals surface area (Å²) in [6.45, 7) is 8.97. The van der Waals surface area contributed by atoms with Crippen LogP contribution in [0.5, 0.6) is 0 Å². The van der Waals surface area contributed by atoms with Crippen molar-refractivity contribution in [3.63, 3.8) is 0 Å². The Morgan fingerprint density at radius 2 is 1.77 bits per heavy atom. The highest BCUT2D eigenvalue weighted by Crippen LogP contribution is 2.28. The molecule has 2 saturated heterocycles. The second-order valence-corrected chi connectivity index (χ2v) is 10.6. The first-order valence-corrected chi connectivity index (χ1v) is 13.9. The monoisotopic (exact) mass is 526 g/mol. The standard InChI is InChI=1S/C28H36N11/c29-36-35-25-16-26-5-6-30-8-9-37-10-12-38(13-11-37)19-21-2-1-3-24(14-21)34-27-15-22(4-7-31-27)23-17-32-28(33-18-23)39(26)20-25/h1-4,7,14-15,17-18,25-26,29-30H,5-6,8-13,16,19-20H2,(H,31,34)/q+1. The van der Waals surface area contributed by atoms with Gasteiger partial charge in [0.15, 0.2) is 6.04 Å². The lowest BCUT2D eigenvalue weighted by atomic mass is 10.1. The predicted molar refractivity (Wildman–Crippen MR) is 151 cm³/mol. The fourth-order valence-electron chi connectivity index (χ4n) is 5.83. The Morgan fingerprint density at radius 3 is 2.62 bits per heavy atom. The Labute approximate surface area is 228 Å². The van der Waals surface area contributed by atoms with Gasteiger partial charge in [0, 0.05) is 81.7 Å². The number of anilines is 3. The molecule has 9 rings (SSSR count). The predicted octanol–water partition coefficient (Wildman–Crippen LogP) is 2.89. The summed E-state index contributed by atoms with van der Waals surface area (Å²) >= 11 is 0. The number of piperazine rings is 1. The SMILES string of the molecule is N=[N+]=NC1CC2CCNCCN3CCN(CC3)Cc3cccc(c3)Nc3cc(ccn3)-c3cnc(nc3)N2C1. The summed E-state index contributed by atoms with van der Waals surface area (Å²) in [5.74, 6) is 1.49. The van der Waals surface area contributed by atoms with Gasteiger partial charge >= 0.3 is 0 Å². The number of hydrogen-bond acceptors (Lipinski definition) is 10. The Balaban J connectivity index is 1.26. The highest BCUT2D eigenvalue weighted by Gasteiger charge is 2.36. The van der Waals surface area contributed by atoms with Crippen molar-refractivity contribution < 1.29 is 0 Å². The minimum atomic E-state index is -0.00188. The van der Waals surface area contributed by atoms with E-state index in [1.807, 2.05) is 30.7 Å². The molecule has 11 heteroatoms. The highest BCUT2D eigenvalue weighted by molar-refractivity contribution is 5.68. The Morgan fingerprint density at radius 1 is 0.923 bits per heavy atom. The van der Waals surface area contributed by atoms with E-state index in [4.69, 9.17) is 15.5 Å². The van der Waals surface area contributed by atoms with Gasteiger partial charge < -0.3 is 15.5 Å². The van der Waals surface area contributed by atoms with Crippen LogP contribution in [0.25, 0.3) is 11.1 Å². The summed E-state index contributed by atoms with van der Waals surface area (Å²) in [7, 11) is 0. The number of aromatic nitrogens is 3. The molecule has 0 amide bonds. The van der Waals surface area contributed by atoms with Crippen molar-refractivity contribution >= 4 is 17.5 Å². The van der Waals surface area contributed by atoms with E-state index in [1.54, 1.807) is 0 Å². The lowest BCUT2D eigenvalue weighted by Gasteiger charge is -2.34. The molecule has 11 nitrogen and oxygen atoms in total. The molecule has 8 bridgehead atoms. The Hall–Kier alpha value is -3.76. The maximum atomic E-state index is 7.20. The molecule has 0 saturated carbocycles. The second-order valence-electron chi connectivity index (χ2n) is 10.6. The van der Waals surface area contributed by atoms with Crippen molar-refractivity contribution in [3.8, 4) is 11.1 Å². The third kappa shape index (κ3) is 6.29. The molecule has 2 fully saturated rings. The topological polar surface area (TPSA) is 123 Å². The summed E-state index contributed by atoms with van der Waals surface area (Å²) in [6.07, 6.45) is 7.41. The van der Waals surface area contributed by atoms with Gasteiger partial charge in [0.25, 0.3) is 0 Å². The highest BCUT2D eigenvalue weighted by atomic mass is 15.3. The Bertz CT molecular complexity index is 1300. The van der Waals surface area contributed by atoms with Gasteiger partial charge in [-0.15, -0.1) is 0 Å². The zero-order valence-electron chi connectivity index (χ0n) is 22.2. The maximum Gasteiger partial charge on any atom is 0.225 e. The molecule has 6 aliphatic heterocycles. The molecule has 2 unspecified atom stereocenters. The van der Waals surface area contributed by atoms with Gasteiger partial charge in [-0.05, 0) is 54.8 Å². The van der Waals surface area contributed by atoms with Crippen LogP contribution in [0.4, 0.5) is 17.5 Å². The minimum absolute atomic E-state index is 0.00188. The van der Waals surface area contributed by atoms with Crippen molar-refractivity contribution in [1.82, 2.24) is 35.0 Å². The van der Waals surface area contributed by atoms with Crippen LogP contribution in [-0.2, 0) is 6.54 Å². The fourth-order valence-corrected chi connectivity index (χ4v) is 5.83. The van der Waals surface area contributed by atoms with E-state index < -0.39 is 0 Å². The van der Waals surface area contributed by atoms with E-state index in [0.29, 0.717) is 12.5 Å². The average Bonchev–Trinajstić information content (AvgIpc) is 3.36. The van der Waals surface area contributed by atoms with Gasteiger partial charge in [-0.25, -0.2) is 15.0 Å². The van der Waals surface area contributed by atoms with Crippen LogP contribution in [0.3, 0.4) is 0 Å². The zero-order valence-corrected chi connectivity index (χ0v) is 22.2. The average molecular weight is 527 g/mol. The molecule has 0 radical (unpaired) electrons. The van der Waals surface area contributed by atoms with Gasteiger partial charge in [-0.1, -0.05) is 12.1 Å². The molecular formula is C28H36N11+. The van der Waals surface area contributed by atoms with E-state index in [0.717, 1.165) is 87.8 Å². The van der Waals surface area contributed by atoms with E-state index in [-0.39, 0.29) is 12.1 Å². The Kier molecular flexibility index (Phi) is 7.83. The lowest BCUT2D eigenvalue weighted by Crippen LogP contribution is -2.47. The summed E-state index contributed by atoms with van der Waals surface area (Å²) in [6, 6.07) is 12.9. The summed E-state index contributed by atoms with van der Waals surface area (Å²) in [5.41, 5.74) is 11.5. The second kappa shape index (κ2) is 12.0. The maximum absolute atomic E-state index is 7.20. The van der Waals surface area contributed by atoms with Crippen LogP contribution in [0.1, 0.15) is 18.4 Å². The summed E-state index contributed by atoms with van der Waals surface area (Å²) in [5, 5.41) is 11.2. The van der Waals surface area contributed by atoms with Crippen molar-refractivity contribution in [2.24, 2.45) is 5.11 Å². The van der Waals surface area contributed by atoms with Crippen molar-refractivity contribution in [2.45, 2.75) is 31.5 Å².